The average molecular weight is 933 g/mol. The summed E-state index contributed by atoms with van der Waals surface area (Å²) in [5.74, 6) is -6.97. The molecule has 1 aromatic carbocycles. The van der Waals surface area contributed by atoms with Crippen LogP contribution in [0.25, 0.3) is 10.9 Å². The summed E-state index contributed by atoms with van der Waals surface area (Å²) in [5, 5.41) is 25.2. The van der Waals surface area contributed by atoms with Crippen LogP contribution in [0.5, 0.6) is 5.75 Å². The van der Waals surface area contributed by atoms with Gasteiger partial charge in [0.15, 0.2) is 0 Å². The molecule has 3 aliphatic heterocycles. The second-order valence-corrected chi connectivity index (χ2v) is 20.0. The van der Waals surface area contributed by atoms with Crippen LogP contribution in [0, 0.1) is 29.6 Å². The van der Waals surface area contributed by atoms with Gasteiger partial charge < -0.3 is 48.1 Å². The highest BCUT2D eigenvalue weighted by atomic mass is 16.7. The van der Waals surface area contributed by atoms with Crippen molar-refractivity contribution in [2.45, 2.75) is 160 Å². The summed E-state index contributed by atoms with van der Waals surface area (Å²) in [5.41, 5.74) is 2.76. The molecule has 2 bridgehead atoms. The monoisotopic (exact) mass is 933 g/mol. The van der Waals surface area contributed by atoms with Gasteiger partial charge in [-0.2, -0.15) is 0 Å². The summed E-state index contributed by atoms with van der Waals surface area (Å²) in [6.45, 7) is 13.3. The quantitative estimate of drug-likeness (QED) is 0.147. The minimum absolute atomic E-state index is 0.00503. The summed E-state index contributed by atoms with van der Waals surface area (Å²) < 4.78 is 39.1. The van der Waals surface area contributed by atoms with E-state index in [2.05, 4.69) is 23.3 Å². The maximum absolute atomic E-state index is 14.6. The first-order chi connectivity index (χ1) is 31.9. The molecule has 3 fully saturated rings. The van der Waals surface area contributed by atoms with E-state index in [-0.39, 0.29) is 55.6 Å². The number of aliphatic hydroxyl groups excluding tert-OH is 1. The SMILES string of the molecule is C=CCC1C=C(C)CC(C)CC(OC)C2OC(O)(C(=O)C(=O)N3CCCCC3C(=O)OC(C(C)=CC3CCC(Oc4ccc5c(ccn5C)c4)C(OC)C3)C(C)C(O)CC1=O)C(C)CC2OC. The van der Waals surface area contributed by atoms with Crippen LogP contribution in [0.3, 0.4) is 0 Å². The predicted octanol–water partition coefficient (Wildman–Crippen LogP) is 7.22. The Morgan fingerprint density at radius 2 is 1.64 bits per heavy atom. The maximum Gasteiger partial charge on any atom is 0.329 e. The molecule has 14 heteroatoms. The number of aromatic nitrogens is 1. The first kappa shape index (κ1) is 52.2. The first-order valence-electron chi connectivity index (χ1n) is 24.4. The lowest BCUT2D eigenvalue weighted by molar-refractivity contribution is -0.302. The van der Waals surface area contributed by atoms with Crippen molar-refractivity contribution in [3.05, 3.63) is 66.4 Å². The number of hydrogen-bond donors (Lipinski definition) is 2. The van der Waals surface area contributed by atoms with Crippen molar-refractivity contribution in [2.24, 2.45) is 36.6 Å². The largest absolute Gasteiger partial charge is 0.488 e. The van der Waals surface area contributed by atoms with Crippen molar-refractivity contribution >= 4 is 34.3 Å². The third kappa shape index (κ3) is 12.0. The summed E-state index contributed by atoms with van der Waals surface area (Å²) in [6, 6.07) is 6.97. The zero-order valence-electron chi connectivity index (χ0n) is 41.2. The lowest BCUT2D eigenvalue weighted by Crippen LogP contribution is -2.64. The van der Waals surface area contributed by atoms with Crippen LogP contribution in [0.1, 0.15) is 105 Å². The number of allylic oxidation sites excluding steroid dienone is 4. The third-order valence-electron chi connectivity index (χ3n) is 15.0. The van der Waals surface area contributed by atoms with E-state index in [4.69, 9.17) is 28.4 Å². The molecule has 2 aromatic rings. The van der Waals surface area contributed by atoms with Crippen molar-refractivity contribution in [3.8, 4) is 5.75 Å². The minimum atomic E-state index is -2.52. The standard InChI is InChI=1S/C53H76N2O12/c1-11-14-38-24-31(2)23-32(3)25-46(63-9)49-47(64-10)27-34(5)53(61,67-49)50(58)51(59)55-21-13-12-15-41(55)52(60)66-48(35(6)42(56)30-43(38)57)33(4)26-36-16-19-44(45(28-36)62-8)65-39-17-18-40-37(29-39)20-22-54(40)7/h11,17-18,20,22,24,26,29,32,34-36,38,41-42,44-49,56,61H,1,12-16,19,21,23,25,27-28,30H2,2-10H3. The van der Waals surface area contributed by atoms with E-state index in [1.165, 1.54) is 19.1 Å². The number of esters is 1. The number of aryl methyl sites for hydroxylation is 1. The molecule has 6 rings (SSSR count). The molecule has 67 heavy (non-hydrogen) atoms. The highest BCUT2D eigenvalue weighted by Crippen LogP contribution is 2.40. The van der Waals surface area contributed by atoms with Crippen LogP contribution in [0.4, 0.5) is 0 Å². The number of carbonyl (C=O) groups is 4. The molecule has 1 amide bonds. The predicted molar refractivity (Wildman–Crippen MR) is 254 cm³/mol. The van der Waals surface area contributed by atoms with Crippen LogP contribution in [-0.2, 0) is 49.9 Å². The van der Waals surface area contributed by atoms with Gasteiger partial charge in [-0.15, -0.1) is 6.58 Å². The van der Waals surface area contributed by atoms with E-state index in [0.29, 0.717) is 50.5 Å². The van der Waals surface area contributed by atoms with Gasteiger partial charge in [-0.1, -0.05) is 44.6 Å². The molecule has 1 saturated carbocycles. The van der Waals surface area contributed by atoms with Gasteiger partial charge in [-0.25, -0.2) is 4.79 Å². The van der Waals surface area contributed by atoms with Crippen molar-refractivity contribution in [3.63, 3.8) is 0 Å². The van der Waals surface area contributed by atoms with Gasteiger partial charge in [0.25, 0.3) is 11.7 Å². The summed E-state index contributed by atoms with van der Waals surface area (Å²) in [6.07, 6.45) is 7.90. The molecule has 370 valence electrons. The summed E-state index contributed by atoms with van der Waals surface area (Å²) >= 11 is 0. The lowest BCUT2D eigenvalue weighted by Gasteiger charge is -2.47. The Balaban J connectivity index is 1.31. The number of rotatable bonds is 9. The molecule has 14 atom stereocenters. The zero-order valence-corrected chi connectivity index (χ0v) is 41.2. The molecule has 2 saturated heterocycles. The number of Topliss-reactive ketones (excluding diaryl/α,β-unsaturated/α-hetero) is 2. The van der Waals surface area contributed by atoms with Crippen molar-refractivity contribution in [2.75, 3.05) is 27.9 Å². The number of aliphatic hydroxyl groups is 2. The maximum atomic E-state index is 14.6. The number of methoxy groups -OCH3 is 3. The van der Waals surface area contributed by atoms with E-state index in [1.807, 2.05) is 58.3 Å². The van der Waals surface area contributed by atoms with Crippen molar-refractivity contribution in [1.29, 1.82) is 0 Å². The lowest BCUT2D eigenvalue weighted by atomic mass is 9.81. The molecule has 4 heterocycles. The van der Waals surface area contributed by atoms with Gasteiger partial charge in [-0.3, -0.25) is 14.4 Å². The molecular formula is C53H76N2O12. The Morgan fingerprint density at radius 3 is 2.34 bits per heavy atom. The smallest absolute Gasteiger partial charge is 0.329 e. The highest BCUT2D eigenvalue weighted by Gasteiger charge is 2.56. The average Bonchev–Trinajstić information content (AvgIpc) is 3.68. The summed E-state index contributed by atoms with van der Waals surface area (Å²) in [4.78, 5) is 58.7. The zero-order chi connectivity index (χ0) is 48.7. The number of ether oxygens (including phenoxy) is 6. The van der Waals surface area contributed by atoms with Crippen molar-refractivity contribution < 1.29 is 57.8 Å². The normalized spacial score (nSPS) is 35.9. The van der Waals surface area contributed by atoms with Gasteiger partial charge in [0.1, 0.15) is 35.9 Å². The molecular weight excluding hydrogens is 857 g/mol. The minimum Gasteiger partial charge on any atom is -0.488 e. The van der Waals surface area contributed by atoms with E-state index < -0.39 is 77.8 Å². The molecule has 2 N–H and O–H groups in total. The Morgan fingerprint density at radius 1 is 0.925 bits per heavy atom. The number of amides is 1. The number of nitrogens with zero attached hydrogens (tertiary/aromatic N) is 2. The number of hydrogen-bond acceptors (Lipinski definition) is 12. The number of ketones is 2. The Bertz CT molecular complexity index is 2130. The number of carbonyl (C=O) groups excluding carboxylic acids is 4. The summed E-state index contributed by atoms with van der Waals surface area (Å²) in [7, 11) is 6.75. The van der Waals surface area contributed by atoms with Gasteiger partial charge in [0, 0.05) is 76.2 Å². The van der Waals surface area contributed by atoms with Crippen molar-refractivity contribution in [1.82, 2.24) is 9.47 Å². The Labute approximate surface area is 397 Å². The first-order valence-corrected chi connectivity index (χ1v) is 24.4. The molecule has 1 aliphatic carbocycles. The van der Waals surface area contributed by atoms with Crippen LogP contribution in [0.15, 0.2) is 66.4 Å². The fourth-order valence-corrected chi connectivity index (χ4v) is 11.1. The third-order valence-corrected chi connectivity index (χ3v) is 15.0. The molecule has 14 unspecified atom stereocenters. The van der Waals surface area contributed by atoms with Gasteiger partial charge in [0.05, 0.1) is 24.4 Å². The molecule has 0 radical (unpaired) electrons. The fourth-order valence-electron chi connectivity index (χ4n) is 11.1. The van der Waals surface area contributed by atoms with E-state index in [1.54, 1.807) is 27.0 Å². The van der Waals surface area contributed by atoms with Crippen LogP contribution in [-0.4, -0.2) is 126 Å². The number of fused-ring (bicyclic) bond motifs is 4. The Hall–Kier alpha value is -4.18. The molecule has 14 nitrogen and oxygen atoms in total. The van der Waals surface area contributed by atoms with Crippen LogP contribution >= 0.6 is 0 Å². The molecule has 0 spiro atoms. The van der Waals surface area contributed by atoms with Gasteiger partial charge >= 0.3 is 5.97 Å². The molecule has 4 aliphatic rings. The van der Waals surface area contributed by atoms with E-state index >= 15 is 0 Å². The topological polar surface area (TPSA) is 172 Å². The Kier molecular flexibility index (Phi) is 17.9. The number of benzene rings is 1. The number of piperidine rings is 1. The van der Waals surface area contributed by atoms with Crippen LogP contribution < -0.4 is 4.74 Å². The van der Waals surface area contributed by atoms with Gasteiger partial charge in [0.2, 0.25) is 5.79 Å². The fraction of sp³-hybridized carbons (Fsp3) is 0.660. The second kappa shape index (κ2) is 23.0. The van der Waals surface area contributed by atoms with E-state index in [9.17, 15) is 29.4 Å². The van der Waals surface area contributed by atoms with Gasteiger partial charge in [-0.05, 0) is 120 Å². The van der Waals surface area contributed by atoms with Crippen LogP contribution in [0.2, 0.25) is 0 Å². The van der Waals surface area contributed by atoms with E-state index in [0.717, 1.165) is 28.6 Å². The molecule has 1 aromatic heterocycles. The number of cyclic esters (lactones) is 1. The highest BCUT2D eigenvalue weighted by molar-refractivity contribution is 6.39. The second-order valence-electron chi connectivity index (χ2n) is 20.0.